The van der Waals surface area contributed by atoms with Crippen LogP contribution in [0.5, 0.6) is 11.5 Å². The maximum absolute atomic E-state index is 10.5. The second kappa shape index (κ2) is 7.32. The fourth-order valence-electron chi connectivity index (χ4n) is 2.65. The molecule has 0 fully saturated rings. The minimum atomic E-state index is -0.431. The van der Waals surface area contributed by atoms with Crippen molar-refractivity contribution >= 4 is 27.4 Å². The quantitative estimate of drug-likeness (QED) is 0.584. The molecular formula is C20H26N4O2S. The largest absolute Gasteiger partial charge is 0.507 e. The van der Waals surface area contributed by atoms with Crippen LogP contribution in [-0.2, 0) is 0 Å². The van der Waals surface area contributed by atoms with Crippen molar-refractivity contribution in [3.8, 4) is 22.9 Å². The van der Waals surface area contributed by atoms with Gasteiger partial charge in [0.25, 0.3) is 0 Å². The minimum absolute atomic E-state index is 0.176. The number of anilines is 1. The van der Waals surface area contributed by atoms with Crippen LogP contribution in [0, 0.1) is 6.92 Å². The molecule has 27 heavy (non-hydrogen) atoms. The summed E-state index contributed by atoms with van der Waals surface area (Å²) in [7, 11) is 0. The van der Waals surface area contributed by atoms with Gasteiger partial charge in [-0.3, -0.25) is 0 Å². The van der Waals surface area contributed by atoms with E-state index in [1.54, 1.807) is 6.07 Å². The van der Waals surface area contributed by atoms with E-state index < -0.39 is 5.54 Å². The van der Waals surface area contributed by atoms with Crippen molar-refractivity contribution in [2.24, 2.45) is 5.73 Å². The van der Waals surface area contributed by atoms with Gasteiger partial charge in [0.05, 0.1) is 11.2 Å². The van der Waals surface area contributed by atoms with Gasteiger partial charge in [0.1, 0.15) is 23.8 Å². The molecule has 0 amide bonds. The first-order valence-electron chi connectivity index (χ1n) is 8.91. The number of aryl methyl sites for hydroxylation is 1. The zero-order valence-electron chi connectivity index (χ0n) is 16.3. The Balaban J connectivity index is 2.01. The van der Waals surface area contributed by atoms with Crippen LogP contribution in [0.15, 0.2) is 23.6 Å². The predicted octanol–water partition coefficient (Wildman–Crippen LogP) is 4.31. The number of hydrogen-bond donors (Lipinski definition) is 3. The molecule has 0 aliphatic carbocycles. The Morgan fingerprint density at radius 1 is 1.26 bits per heavy atom. The molecule has 0 bridgehead atoms. The maximum Gasteiger partial charge on any atom is 0.183 e. The third-order valence-corrected chi connectivity index (χ3v) is 4.71. The van der Waals surface area contributed by atoms with E-state index in [0.29, 0.717) is 35.0 Å². The molecule has 0 aliphatic heterocycles. The second-order valence-electron chi connectivity index (χ2n) is 7.73. The van der Waals surface area contributed by atoms with Crippen LogP contribution in [-0.4, -0.2) is 33.3 Å². The monoisotopic (exact) mass is 386 g/mol. The number of fused-ring (bicyclic) bond motifs is 1. The number of nitrogens with two attached hydrogens (primary N) is 1. The average molecular weight is 387 g/mol. The van der Waals surface area contributed by atoms with Crippen LogP contribution >= 0.6 is 11.3 Å². The van der Waals surface area contributed by atoms with Crippen molar-refractivity contribution in [2.75, 3.05) is 11.9 Å². The molecule has 2 heterocycles. The Morgan fingerprint density at radius 2 is 2.00 bits per heavy atom. The molecule has 0 aliphatic rings. The van der Waals surface area contributed by atoms with Crippen LogP contribution in [0.4, 0.5) is 5.13 Å². The van der Waals surface area contributed by atoms with Gasteiger partial charge >= 0.3 is 0 Å². The van der Waals surface area contributed by atoms with Gasteiger partial charge in [-0.2, -0.15) is 0 Å². The molecule has 1 aromatic carbocycles. The lowest BCUT2D eigenvalue weighted by Gasteiger charge is -2.20. The van der Waals surface area contributed by atoms with Gasteiger partial charge in [-0.15, -0.1) is 11.3 Å². The molecule has 0 saturated carbocycles. The third kappa shape index (κ3) is 4.48. The number of nitrogens with zero attached hydrogens (tertiary/aromatic N) is 2. The summed E-state index contributed by atoms with van der Waals surface area (Å²) in [6, 6.07) is 5.62. The minimum Gasteiger partial charge on any atom is -0.507 e. The van der Waals surface area contributed by atoms with E-state index in [4.69, 9.17) is 15.5 Å². The highest BCUT2D eigenvalue weighted by atomic mass is 32.1. The normalized spacial score (nSPS) is 12.0. The van der Waals surface area contributed by atoms with E-state index in [-0.39, 0.29) is 5.75 Å². The number of hydrogen-bond acceptors (Lipinski definition) is 7. The number of benzene rings is 1. The number of rotatable bonds is 6. The Labute approximate surface area is 163 Å². The molecule has 0 saturated heterocycles. The van der Waals surface area contributed by atoms with Crippen LogP contribution < -0.4 is 15.8 Å². The van der Waals surface area contributed by atoms with Gasteiger partial charge in [-0.1, -0.05) is 0 Å². The topological polar surface area (TPSA) is 93.3 Å². The first-order chi connectivity index (χ1) is 12.6. The average Bonchev–Trinajstić information content (AvgIpc) is 3.01. The summed E-state index contributed by atoms with van der Waals surface area (Å²) in [5.41, 5.74) is 8.51. The summed E-state index contributed by atoms with van der Waals surface area (Å²) in [5, 5.41) is 17.2. The van der Waals surface area contributed by atoms with Gasteiger partial charge in [-0.05, 0) is 46.8 Å². The Kier molecular flexibility index (Phi) is 5.26. The molecule has 7 heteroatoms. The molecular weight excluding hydrogens is 360 g/mol. The molecule has 4 N–H and O–H groups in total. The number of aromatic hydroxyl groups is 1. The highest BCUT2D eigenvalue weighted by molar-refractivity contribution is 7.14. The van der Waals surface area contributed by atoms with Gasteiger partial charge in [-0.25, -0.2) is 9.97 Å². The summed E-state index contributed by atoms with van der Waals surface area (Å²) >= 11 is 1.52. The fourth-order valence-corrected chi connectivity index (χ4v) is 3.50. The molecule has 3 aromatic rings. The summed E-state index contributed by atoms with van der Waals surface area (Å²) in [4.78, 5) is 9.32. The van der Waals surface area contributed by atoms with Crippen molar-refractivity contribution < 1.29 is 9.84 Å². The summed E-state index contributed by atoms with van der Waals surface area (Å²) in [6.07, 6.45) is 0. The van der Waals surface area contributed by atoms with Gasteiger partial charge in [0, 0.05) is 34.0 Å². The standard InChI is InChI=1S/C20H26N4O2S/c1-11(2)22-19-24-15(9-27-19)14-8-16(25)13-6-7-17(12(3)18(13)23-14)26-10-20(4,5)21/h6-9,11H,10,21H2,1-5H3,(H,22,24)(H,23,25). The van der Waals surface area contributed by atoms with Crippen LogP contribution in [0.3, 0.4) is 0 Å². The van der Waals surface area contributed by atoms with Gasteiger partial charge in [0.2, 0.25) is 0 Å². The van der Waals surface area contributed by atoms with Gasteiger partial charge in [0.15, 0.2) is 5.13 Å². The summed E-state index contributed by atoms with van der Waals surface area (Å²) < 4.78 is 5.87. The van der Waals surface area contributed by atoms with Crippen molar-refractivity contribution in [1.29, 1.82) is 0 Å². The van der Waals surface area contributed by atoms with E-state index in [2.05, 4.69) is 24.1 Å². The zero-order chi connectivity index (χ0) is 19.8. The summed E-state index contributed by atoms with van der Waals surface area (Å²) in [5.74, 6) is 0.890. The van der Waals surface area contributed by atoms with Crippen LogP contribution in [0.2, 0.25) is 0 Å². The number of pyridine rings is 1. The number of thiazole rings is 1. The fraction of sp³-hybridized carbons (Fsp3) is 0.400. The maximum atomic E-state index is 10.5. The SMILES string of the molecule is Cc1c(OCC(C)(C)N)ccc2c(O)cc(-c3csc(NC(C)C)n3)nc12. The first kappa shape index (κ1) is 19.4. The molecule has 2 aromatic heterocycles. The van der Waals surface area contributed by atoms with Crippen molar-refractivity contribution in [3.63, 3.8) is 0 Å². The molecule has 0 unspecified atom stereocenters. The van der Waals surface area contributed by atoms with Crippen molar-refractivity contribution in [3.05, 3.63) is 29.1 Å². The first-order valence-corrected chi connectivity index (χ1v) is 9.79. The van der Waals surface area contributed by atoms with E-state index in [1.807, 2.05) is 38.3 Å². The lowest BCUT2D eigenvalue weighted by atomic mass is 10.1. The Bertz CT molecular complexity index is 961. The molecule has 6 nitrogen and oxygen atoms in total. The Morgan fingerprint density at radius 3 is 2.67 bits per heavy atom. The smallest absolute Gasteiger partial charge is 0.183 e. The molecule has 0 spiro atoms. The molecule has 0 atom stereocenters. The Hall–Kier alpha value is -2.38. The number of aromatic nitrogens is 2. The second-order valence-corrected chi connectivity index (χ2v) is 8.58. The number of ether oxygens (including phenoxy) is 1. The predicted molar refractivity (Wildman–Crippen MR) is 112 cm³/mol. The zero-order valence-corrected chi connectivity index (χ0v) is 17.1. The van der Waals surface area contributed by atoms with E-state index in [1.165, 1.54) is 11.3 Å². The van der Waals surface area contributed by atoms with E-state index in [0.717, 1.165) is 16.4 Å². The van der Waals surface area contributed by atoms with Crippen LogP contribution in [0.25, 0.3) is 22.3 Å². The molecule has 3 rings (SSSR count). The van der Waals surface area contributed by atoms with Crippen molar-refractivity contribution in [2.45, 2.75) is 46.2 Å². The molecule has 0 radical (unpaired) electrons. The van der Waals surface area contributed by atoms with Gasteiger partial charge < -0.3 is 20.9 Å². The highest BCUT2D eigenvalue weighted by Gasteiger charge is 2.16. The lowest BCUT2D eigenvalue weighted by Crippen LogP contribution is -2.38. The van der Waals surface area contributed by atoms with Crippen LogP contribution in [0.1, 0.15) is 33.3 Å². The highest BCUT2D eigenvalue weighted by Crippen LogP contribution is 2.35. The summed E-state index contributed by atoms with van der Waals surface area (Å²) in [6.45, 7) is 10.3. The van der Waals surface area contributed by atoms with E-state index >= 15 is 0 Å². The number of nitrogens with one attached hydrogen (secondary N) is 1. The van der Waals surface area contributed by atoms with E-state index in [9.17, 15) is 5.11 Å². The van der Waals surface area contributed by atoms with Crippen molar-refractivity contribution in [1.82, 2.24) is 9.97 Å². The molecule has 144 valence electrons. The lowest BCUT2D eigenvalue weighted by molar-refractivity contribution is 0.242. The third-order valence-electron chi connectivity index (χ3n) is 3.94.